The summed E-state index contributed by atoms with van der Waals surface area (Å²) >= 11 is 0. The number of nitrogens with zero attached hydrogens (tertiary/aromatic N) is 5. The first-order valence-corrected chi connectivity index (χ1v) is 8.53. The summed E-state index contributed by atoms with van der Waals surface area (Å²) in [7, 11) is 0. The predicted octanol–water partition coefficient (Wildman–Crippen LogP) is 3.94. The van der Waals surface area contributed by atoms with Crippen molar-refractivity contribution < 1.29 is 13.2 Å². The van der Waals surface area contributed by atoms with Crippen molar-refractivity contribution in [2.24, 2.45) is 0 Å². The molecule has 0 bridgehead atoms. The molecule has 0 atom stereocenters. The molecule has 0 saturated heterocycles. The summed E-state index contributed by atoms with van der Waals surface area (Å²) in [5, 5.41) is 14.5. The number of aromatic amines is 1. The van der Waals surface area contributed by atoms with Gasteiger partial charge in [-0.1, -0.05) is 30.3 Å². The van der Waals surface area contributed by atoms with Crippen molar-refractivity contribution in [1.82, 2.24) is 29.8 Å². The molecule has 10 heteroatoms. The number of nitrogen functional groups attached to an aromatic ring is 1. The first-order chi connectivity index (χ1) is 13.9. The smallest absolute Gasteiger partial charge is 0.369 e. The molecule has 5 aromatic rings. The number of fused-ring (bicyclic) bond motifs is 2. The molecule has 3 aromatic heterocycles. The van der Waals surface area contributed by atoms with E-state index in [1.54, 1.807) is 18.2 Å². The maximum Gasteiger partial charge on any atom is 0.418 e. The molecular weight excluding hydrogens is 383 g/mol. The predicted molar refractivity (Wildman–Crippen MR) is 101 cm³/mol. The monoisotopic (exact) mass is 395 g/mol. The Morgan fingerprint density at radius 2 is 1.83 bits per heavy atom. The molecule has 0 spiro atoms. The molecule has 0 aliphatic heterocycles. The second-order valence-electron chi connectivity index (χ2n) is 6.44. The van der Waals surface area contributed by atoms with Gasteiger partial charge in [-0.25, -0.2) is 4.98 Å². The number of hydrogen-bond donors (Lipinski definition) is 2. The zero-order valence-electron chi connectivity index (χ0n) is 14.6. The van der Waals surface area contributed by atoms with E-state index in [-0.39, 0.29) is 17.0 Å². The number of anilines is 1. The normalized spacial score (nSPS) is 12.1. The number of nitrogens with one attached hydrogen (secondary N) is 1. The first kappa shape index (κ1) is 17.2. The molecule has 0 aliphatic rings. The SMILES string of the molecule is Nc1nc(-c2ccccc2)c(-c2cc(C(F)(F)F)c3[nH]ncc3c2)c2nncn12. The zero-order valence-corrected chi connectivity index (χ0v) is 14.6. The Kier molecular flexibility index (Phi) is 3.57. The van der Waals surface area contributed by atoms with Crippen LogP contribution in [0.2, 0.25) is 0 Å². The summed E-state index contributed by atoms with van der Waals surface area (Å²) in [4.78, 5) is 4.44. The van der Waals surface area contributed by atoms with Gasteiger partial charge in [-0.2, -0.15) is 18.3 Å². The highest BCUT2D eigenvalue weighted by molar-refractivity contribution is 5.95. The van der Waals surface area contributed by atoms with Crippen molar-refractivity contribution in [3.8, 4) is 22.4 Å². The van der Waals surface area contributed by atoms with Crippen molar-refractivity contribution >= 4 is 22.5 Å². The summed E-state index contributed by atoms with van der Waals surface area (Å²) in [5.41, 5.74) is 7.24. The summed E-state index contributed by atoms with van der Waals surface area (Å²) < 4.78 is 42.6. The minimum absolute atomic E-state index is 0.0802. The van der Waals surface area contributed by atoms with E-state index in [9.17, 15) is 13.2 Å². The van der Waals surface area contributed by atoms with Crippen LogP contribution in [0.25, 0.3) is 38.9 Å². The molecule has 3 N–H and O–H groups in total. The Balaban J connectivity index is 1.91. The number of alkyl halides is 3. The Morgan fingerprint density at radius 3 is 2.59 bits per heavy atom. The van der Waals surface area contributed by atoms with E-state index in [1.165, 1.54) is 16.9 Å². The zero-order chi connectivity index (χ0) is 20.2. The van der Waals surface area contributed by atoms with E-state index >= 15 is 0 Å². The number of H-pyrrole nitrogens is 1. The van der Waals surface area contributed by atoms with Gasteiger partial charge in [-0.15, -0.1) is 10.2 Å². The van der Waals surface area contributed by atoms with E-state index in [4.69, 9.17) is 5.73 Å². The fourth-order valence-corrected chi connectivity index (χ4v) is 3.40. The minimum atomic E-state index is -4.57. The highest BCUT2D eigenvalue weighted by atomic mass is 19.4. The Morgan fingerprint density at radius 1 is 1.03 bits per heavy atom. The quantitative estimate of drug-likeness (QED) is 0.472. The molecule has 0 unspecified atom stereocenters. The molecule has 5 rings (SSSR count). The van der Waals surface area contributed by atoms with Gasteiger partial charge in [0.2, 0.25) is 5.95 Å². The third kappa shape index (κ3) is 2.68. The second-order valence-corrected chi connectivity index (χ2v) is 6.44. The molecule has 0 saturated carbocycles. The molecule has 144 valence electrons. The third-order valence-electron chi connectivity index (χ3n) is 4.67. The van der Waals surface area contributed by atoms with Crippen LogP contribution in [-0.2, 0) is 6.18 Å². The Labute approximate surface area is 161 Å². The lowest BCUT2D eigenvalue weighted by atomic mass is 9.96. The topological polar surface area (TPSA) is 97.8 Å². The maximum atomic E-state index is 13.7. The van der Waals surface area contributed by atoms with E-state index in [1.807, 2.05) is 18.2 Å². The fraction of sp³-hybridized carbons (Fsp3) is 0.0526. The third-order valence-corrected chi connectivity index (χ3v) is 4.67. The molecule has 0 amide bonds. The van der Waals surface area contributed by atoms with Gasteiger partial charge < -0.3 is 5.73 Å². The van der Waals surface area contributed by atoms with Crippen LogP contribution in [0, 0.1) is 0 Å². The Hall–Kier alpha value is -3.95. The Bertz CT molecular complexity index is 1350. The summed E-state index contributed by atoms with van der Waals surface area (Å²) in [6, 6.07) is 11.7. The molecule has 29 heavy (non-hydrogen) atoms. The maximum absolute atomic E-state index is 13.7. The lowest BCUT2D eigenvalue weighted by Crippen LogP contribution is -2.08. The average molecular weight is 395 g/mol. The summed E-state index contributed by atoms with van der Waals surface area (Å²) in [6.07, 6.45) is -1.85. The van der Waals surface area contributed by atoms with Crippen LogP contribution in [0.15, 0.2) is 55.0 Å². The van der Waals surface area contributed by atoms with Crippen molar-refractivity contribution in [2.75, 3.05) is 5.73 Å². The first-order valence-electron chi connectivity index (χ1n) is 8.53. The lowest BCUT2D eigenvalue weighted by Gasteiger charge is -2.15. The van der Waals surface area contributed by atoms with Gasteiger partial charge in [0.25, 0.3) is 0 Å². The van der Waals surface area contributed by atoms with Crippen LogP contribution >= 0.6 is 0 Å². The van der Waals surface area contributed by atoms with Gasteiger partial charge >= 0.3 is 6.18 Å². The number of hydrogen-bond acceptors (Lipinski definition) is 5. The van der Waals surface area contributed by atoms with Crippen molar-refractivity contribution in [2.45, 2.75) is 6.18 Å². The van der Waals surface area contributed by atoms with Gasteiger partial charge in [0, 0.05) is 10.9 Å². The van der Waals surface area contributed by atoms with Gasteiger partial charge in [0.1, 0.15) is 6.33 Å². The van der Waals surface area contributed by atoms with Crippen molar-refractivity contribution in [3.63, 3.8) is 0 Å². The van der Waals surface area contributed by atoms with E-state index < -0.39 is 11.7 Å². The molecule has 0 aliphatic carbocycles. The summed E-state index contributed by atoms with van der Waals surface area (Å²) in [5.74, 6) is 0.132. The minimum Gasteiger partial charge on any atom is -0.369 e. The molecule has 3 heterocycles. The highest BCUT2D eigenvalue weighted by Crippen LogP contribution is 2.40. The fourth-order valence-electron chi connectivity index (χ4n) is 3.40. The highest BCUT2D eigenvalue weighted by Gasteiger charge is 2.34. The van der Waals surface area contributed by atoms with Crippen LogP contribution in [0.5, 0.6) is 0 Å². The molecule has 0 radical (unpaired) electrons. The average Bonchev–Trinajstić information content (AvgIpc) is 3.36. The van der Waals surface area contributed by atoms with Crippen LogP contribution in [0.3, 0.4) is 0 Å². The van der Waals surface area contributed by atoms with Crippen LogP contribution in [0.1, 0.15) is 5.56 Å². The molecular formula is C19H12F3N7. The van der Waals surface area contributed by atoms with Crippen LogP contribution < -0.4 is 5.73 Å². The van der Waals surface area contributed by atoms with Gasteiger partial charge in [0.05, 0.1) is 28.5 Å². The molecule has 7 nitrogen and oxygen atoms in total. The molecule has 2 aromatic carbocycles. The van der Waals surface area contributed by atoms with Gasteiger partial charge in [0.15, 0.2) is 5.65 Å². The number of aromatic nitrogens is 6. The number of rotatable bonds is 2. The number of benzene rings is 2. The summed E-state index contributed by atoms with van der Waals surface area (Å²) in [6.45, 7) is 0. The largest absolute Gasteiger partial charge is 0.418 e. The van der Waals surface area contributed by atoms with Gasteiger partial charge in [-0.3, -0.25) is 9.50 Å². The van der Waals surface area contributed by atoms with Gasteiger partial charge in [-0.05, 0) is 17.7 Å². The van der Waals surface area contributed by atoms with Crippen molar-refractivity contribution in [1.29, 1.82) is 0 Å². The second kappa shape index (κ2) is 6.03. The standard InChI is InChI=1S/C19H12F3N7/c20-19(21,22)13-7-11(6-12-8-24-27-15(12)13)14-16(10-4-2-1-3-5-10)26-18(23)29-9-25-28-17(14)29/h1-9H,(H2,23,26)(H,24,27). The van der Waals surface area contributed by atoms with E-state index in [0.717, 1.165) is 6.07 Å². The van der Waals surface area contributed by atoms with E-state index in [0.29, 0.717) is 27.9 Å². The molecule has 0 fully saturated rings. The van der Waals surface area contributed by atoms with E-state index in [2.05, 4.69) is 25.4 Å². The lowest BCUT2D eigenvalue weighted by molar-refractivity contribution is -0.136. The number of nitrogens with two attached hydrogens (primary N) is 1. The van der Waals surface area contributed by atoms with Crippen LogP contribution in [0.4, 0.5) is 19.1 Å². The van der Waals surface area contributed by atoms with Crippen LogP contribution in [-0.4, -0.2) is 29.8 Å². The van der Waals surface area contributed by atoms with Crippen molar-refractivity contribution in [3.05, 3.63) is 60.6 Å². The number of halogens is 3.